The molecular formula is C20H21FN2O2. The molecule has 1 aromatic heterocycles. The molecule has 0 unspecified atom stereocenters. The van der Waals surface area contributed by atoms with Gasteiger partial charge in [-0.05, 0) is 55.4 Å². The van der Waals surface area contributed by atoms with Crippen LogP contribution in [0.2, 0.25) is 0 Å². The third kappa shape index (κ3) is 3.65. The number of aromatic nitrogens is 1. The Kier molecular flexibility index (Phi) is 4.38. The lowest BCUT2D eigenvalue weighted by atomic mass is 9.95. The SMILES string of the molecule is O=C(N[C@H]1C[C@H]2CC[C@@H]1C2)c1ccc(COc2cccc(F)c2)nc1. The molecule has 2 aliphatic rings. The van der Waals surface area contributed by atoms with E-state index in [2.05, 4.69) is 10.3 Å². The number of carbonyl (C=O) groups is 1. The molecule has 1 heterocycles. The molecule has 0 spiro atoms. The minimum absolute atomic E-state index is 0.0531. The molecule has 0 aliphatic heterocycles. The van der Waals surface area contributed by atoms with E-state index < -0.39 is 0 Å². The van der Waals surface area contributed by atoms with E-state index in [9.17, 15) is 9.18 Å². The number of ether oxygens (including phenoxy) is 1. The van der Waals surface area contributed by atoms with Gasteiger partial charge in [0.15, 0.2) is 0 Å². The van der Waals surface area contributed by atoms with Crippen LogP contribution in [-0.2, 0) is 6.61 Å². The van der Waals surface area contributed by atoms with Crippen LogP contribution in [0.5, 0.6) is 5.75 Å². The fraction of sp³-hybridized carbons (Fsp3) is 0.400. The summed E-state index contributed by atoms with van der Waals surface area (Å²) in [6.45, 7) is 0.234. The van der Waals surface area contributed by atoms with Crippen LogP contribution in [0.15, 0.2) is 42.6 Å². The molecule has 4 rings (SSSR count). The maximum atomic E-state index is 13.1. The highest BCUT2D eigenvalue weighted by atomic mass is 19.1. The number of hydrogen-bond acceptors (Lipinski definition) is 3. The fourth-order valence-corrected chi connectivity index (χ4v) is 4.03. The zero-order valence-corrected chi connectivity index (χ0v) is 14.0. The lowest BCUT2D eigenvalue weighted by molar-refractivity contribution is 0.0922. The molecule has 130 valence electrons. The van der Waals surface area contributed by atoms with Gasteiger partial charge in [-0.3, -0.25) is 9.78 Å². The van der Waals surface area contributed by atoms with Crippen LogP contribution >= 0.6 is 0 Å². The molecule has 1 aromatic carbocycles. The Hall–Kier alpha value is -2.43. The van der Waals surface area contributed by atoms with Gasteiger partial charge in [0.2, 0.25) is 0 Å². The monoisotopic (exact) mass is 340 g/mol. The first kappa shape index (κ1) is 16.1. The smallest absolute Gasteiger partial charge is 0.253 e. The van der Waals surface area contributed by atoms with Crippen molar-refractivity contribution in [2.24, 2.45) is 11.8 Å². The van der Waals surface area contributed by atoms with Crippen molar-refractivity contribution >= 4 is 5.91 Å². The quantitative estimate of drug-likeness (QED) is 0.902. The Balaban J connectivity index is 1.32. The molecule has 25 heavy (non-hydrogen) atoms. The second kappa shape index (κ2) is 6.82. The number of amides is 1. The molecule has 2 saturated carbocycles. The van der Waals surface area contributed by atoms with Crippen LogP contribution in [0.25, 0.3) is 0 Å². The van der Waals surface area contributed by atoms with Gasteiger partial charge in [0.1, 0.15) is 18.2 Å². The first-order valence-corrected chi connectivity index (χ1v) is 8.81. The predicted octanol–water partition coefficient (Wildman–Crippen LogP) is 3.72. The Morgan fingerprint density at radius 3 is 2.84 bits per heavy atom. The number of halogens is 1. The van der Waals surface area contributed by atoms with Crippen molar-refractivity contribution in [3.63, 3.8) is 0 Å². The third-order valence-corrected chi connectivity index (χ3v) is 5.32. The summed E-state index contributed by atoms with van der Waals surface area (Å²) < 4.78 is 18.6. The predicted molar refractivity (Wildman–Crippen MR) is 91.7 cm³/mol. The normalized spacial score (nSPS) is 24.3. The van der Waals surface area contributed by atoms with E-state index in [0.29, 0.717) is 29.0 Å². The zero-order valence-electron chi connectivity index (χ0n) is 14.0. The summed E-state index contributed by atoms with van der Waals surface area (Å²) in [5.41, 5.74) is 1.26. The minimum atomic E-state index is -0.335. The van der Waals surface area contributed by atoms with Crippen molar-refractivity contribution in [2.45, 2.75) is 38.3 Å². The molecular weight excluding hydrogens is 319 g/mol. The first-order chi connectivity index (χ1) is 12.2. The maximum Gasteiger partial charge on any atom is 0.253 e. The molecule has 2 aromatic rings. The fourth-order valence-electron chi connectivity index (χ4n) is 4.03. The van der Waals surface area contributed by atoms with E-state index in [4.69, 9.17) is 4.74 Å². The number of nitrogens with one attached hydrogen (secondary N) is 1. The Morgan fingerprint density at radius 2 is 2.16 bits per heavy atom. The highest BCUT2D eigenvalue weighted by Crippen LogP contribution is 2.44. The van der Waals surface area contributed by atoms with E-state index in [-0.39, 0.29) is 18.3 Å². The average Bonchev–Trinajstić information content (AvgIpc) is 3.23. The topological polar surface area (TPSA) is 51.2 Å². The van der Waals surface area contributed by atoms with Gasteiger partial charge in [0.25, 0.3) is 5.91 Å². The van der Waals surface area contributed by atoms with Gasteiger partial charge in [-0.15, -0.1) is 0 Å². The van der Waals surface area contributed by atoms with Crippen molar-refractivity contribution in [2.75, 3.05) is 0 Å². The van der Waals surface area contributed by atoms with Gasteiger partial charge < -0.3 is 10.1 Å². The van der Waals surface area contributed by atoms with Gasteiger partial charge in [0, 0.05) is 18.3 Å². The van der Waals surface area contributed by atoms with E-state index >= 15 is 0 Å². The van der Waals surface area contributed by atoms with Crippen molar-refractivity contribution < 1.29 is 13.9 Å². The summed E-state index contributed by atoms with van der Waals surface area (Å²) in [6, 6.07) is 9.85. The number of benzene rings is 1. The van der Waals surface area contributed by atoms with Gasteiger partial charge in [-0.2, -0.15) is 0 Å². The highest BCUT2D eigenvalue weighted by molar-refractivity contribution is 5.94. The lowest BCUT2D eigenvalue weighted by Gasteiger charge is -2.22. The largest absolute Gasteiger partial charge is 0.487 e. The van der Waals surface area contributed by atoms with Gasteiger partial charge in [-0.25, -0.2) is 4.39 Å². The van der Waals surface area contributed by atoms with Crippen molar-refractivity contribution in [3.8, 4) is 5.75 Å². The van der Waals surface area contributed by atoms with Crippen LogP contribution in [0.4, 0.5) is 4.39 Å². The second-order valence-electron chi connectivity index (χ2n) is 7.04. The molecule has 2 bridgehead atoms. The highest BCUT2D eigenvalue weighted by Gasteiger charge is 2.40. The molecule has 1 N–H and O–H groups in total. The van der Waals surface area contributed by atoms with Crippen LogP contribution in [0, 0.1) is 17.7 Å². The first-order valence-electron chi connectivity index (χ1n) is 8.81. The Labute approximate surface area is 146 Å². The van der Waals surface area contributed by atoms with Gasteiger partial charge in [-0.1, -0.05) is 12.5 Å². The average molecular weight is 340 g/mol. The summed E-state index contributed by atoms with van der Waals surface area (Å²) in [4.78, 5) is 16.7. The van der Waals surface area contributed by atoms with E-state index in [1.807, 2.05) is 0 Å². The van der Waals surface area contributed by atoms with E-state index in [1.165, 1.54) is 31.4 Å². The van der Waals surface area contributed by atoms with E-state index in [0.717, 1.165) is 12.3 Å². The van der Waals surface area contributed by atoms with Crippen LogP contribution in [0.1, 0.15) is 41.7 Å². The van der Waals surface area contributed by atoms with Crippen LogP contribution < -0.4 is 10.1 Å². The zero-order chi connectivity index (χ0) is 17.2. The van der Waals surface area contributed by atoms with Gasteiger partial charge >= 0.3 is 0 Å². The van der Waals surface area contributed by atoms with Crippen LogP contribution in [-0.4, -0.2) is 16.9 Å². The minimum Gasteiger partial charge on any atom is -0.487 e. The molecule has 5 heteroatoms. The molecule has 3 atom stereocenters. The standard InChI is InChI=1S/C20H21FN2O2/c21-16-2-1-3-18(10-16)25-12-17-7-6-15(11-22-17)20(24)23-19-9-13-4-5-14(19)8-13/h1-3,6-7,10-11,13-14,19H,4-5,8-9,12H2,(H,23,24)/t13-,14+,19-/m0/s1. The summed E-state index contributed by atoms with van der Waals surface area (Å²) >= 11 is 0. The summed E-state index contributed by atoms with van der Waals surface area (Å²) in [5.74, 6) is 1.53. The summed E-state index contributed by atoms with van der Waals surface area (Å²) in [5, 5.41) is 3.16. The van der Waals surface area contributed by atoms with Crippen molar-refractivity contribution in [3.05, 3.63) is 59.7 Å². The number of fused-ring (bicyclic) bond motifs is 2. The molecule has 0 radical (unpaired) electrons. The molecule has 4 nitrogen and oxygen atoms in total. The Bertz CT molecular complexity index is 763. The van der Waals surface area contributed by atoms with Crippen molar-refractivity contribution in [1.82, 2.24) is 10.3 Å². The van der Waals surface area contributed by atoms with E-state index in [1.54, 1.807) is 30.5 Å². The number of nitrogens with zero attached hydrogens (tertiary/aromatic N) is 1. The summed E-state index contributed by atoms with van der Waals surface area (Å²) in [7, 11) is 0. The van der Waals surface area contributed by atoms with Crippen molar-refractivity contribution in [1.29, 1.82) is 0 Å². The summed E-state index contributed by atoms with van der Waals surface area (Å²) in [6.07, 6.45) is 6.51. The number of pyridine rings is 1. The number of hydrogen-bond donors (Lipinski definition) is 1. The van der Waals surface area contributed by atoms with Gasteiger partial charge in [0.05, 0.1) is 11.3 Å². The number of rotatable bonds is 5. The molecule has 1 amide bonds. The molecule has 2 aliphatic carbocycles. The van der Waals surface area contributed by atoms with Crippen LogP contribution in [0.3, 0.4) is 0 Å². The second-order valence-corrected chi connectivity index (χ2v) is 7.04. The Morgan fingerprint density at radius 1 is 1.24 bits per heavy atom. The lowest BCUT2D eigenvalue weighted by Crippen LogP contribution is -2.38. The molecule has 2 fully saturated rings. The third-order valence-electron chi connectivity index (χ3n) is 5.32. The molecule has 0 saturated heterocycles. The number of carbonyl (C=O) groups excluding carboxylic acids is 1. The maximum absolute atomic E-state index is 13.1.